The van der Waals surface area contributed by atoms with Gasteiger partial charge in [0.25, 0.3) is 0 Å². The van der Waals surface area contributed by atoms with Gasteiger partial charge in [0.05, 0.1) is 6.61 Å². The van der Waals surface area contributed by atoms with Gasteiger partial charge in [-0.25, -0.2) is 0 Å². The summed E-state index contributed by atoms with van der Waals surface area (Å²) in [6, 6.07) is -0.163. The Hall–Kier alpha value is -0.610. The Kier molecular flexibility index (Phi) is 10.2. The summed E-state index contributed by atoms with van der Waals surface area (Å²) >= 11 is 0. The summed E-state index contributed by atoms with van der Waals surface area (Å²) in [6.45, 7) is 9.30. The number of rotatable bonds is 10. The first-order chi connectivity index (χ1) is 8.15. The van der Waals surface area contributed by atoms with E-state index in [1.807, 2.05) is 13.8 Å². The first-order valence-electron chi connectivity index (χ1n) is 6.74. The summed E-state index contributed by atoms with van der Waals surface area (Å²) in [6.07, 6.45) is 3.23. The number of likely N-dealkylation sites (N-methyl/N-ethyl adjacent to an activating group) is 1. The lowest BCUT2D eigenvalue weighted by Crippen LogP contribution is -2.40. The molecule has 4 heteroatoms. The highest BCUT2D eigenvalue weighted by molar-refractivity contribution is 5.75. The zero-order valence-electron chi connectivity index (χ0n) is 11.8. The molecule has 102 valence electrons. The second-order valence-electron chi connectivity index (χ2n) is 4.31. The van der Waals surface area contributed by atoms with Crippen molar-refractivity contribution in [1.29, 1.82) is 0 Å². The van der Waals surface area contributed by atoms with E-state index in [4.69, 9.17) is 4.74 Å². The second-order valence-corrected chi connectivity index (χ2v) is 4.31. The van der Waals surface area contributed by atoms with E-state index in [0.29, 0.717) is 6.61 Å². The molecule has 0 aromatic heterocycles. The molecule has 1 unspecified atom stereocenters. The molecule has 0 rings (SSSR count). The number of nitrogens with zero attached hydrogens (tertiary/aromatic N) is 1. The summed E-state index contributed by atoms with van der Waals surface area (Å²) in [5, 5.41) is 3.18. The van der Waals surface area contributed by atoms with Crippen molar-refractivity contribution in [2.24, 2.45) is 0 Å². The predicted molar refractivity (Wildman–Crippen MR) is 71.1 cm³/mol. The third-order valence-electron chi connectivity index (χ3n) is 2.71. The van der Waals surface area contributed by atoms with Crippen LogP contribution in [-0.4, -0.2) is 50.2 Å². The molecule has 0 aromatic carbocycles. The van der Waals surface area contributed by atoms with Crippen molar-refractivity contribution >= 4 is 5.97 Å². The highest BCUT2D eigenvalue weighted by Gasteiger charge is 2.18. The fourth-order valence-electron chi connectivity index (χ4n) is 1.68. The van der Waals surface area contributed by atoms with E-state index in [2.05, 4.69) is 24.2 Å². The van der Waals surface area contributed by atoms with Crippen LogP contribution in [0.1, 0.15) is 40.0 Å². The summed E-state index contributed by atoms with van der Waals surface area (Å²) in [5.41, 5.74) is 0. The number of esters is 1. The molecule has 0 aliphatic carbocycles. The van der Waals surface area contributed by atoms with Gasteiger partial charge in [-0.15, -0.1) is 0 Å². The van der Waals surface area contributed by atoms with E-state index in [1.54, 1.807) is 0 Å². The Morgan fingerprint density at radius 1 is 1.29 bits per heavy atom. The average molecular weight is 244 g/mol. The number of hydrogen-bond acceptors (Lipinski definition) is 4. The van der Waals surface area contributed by atoms with Crippen molar-refractivity contribution < 1.29 is 9.53 Å². The van der Waals surface area contributed by atoms with Gasteiger partial charge in [-0.2, -0.15) is 0 Å². The average Bonchev–Trinajstić information content (AvgIpc) is 2.32. The SMILES string of the molecule is CCCCN(C)CCC(NCC)C(=O)OCC. The number of ether oxygens (including phenoxy) is 1. The van der Waals surface area contributed by atoms with Crippen LogP contribution in [0.2, 0.25) is 0 Å². The molecule has 4 nitrogen and oxygen atoms in total. The lowest BCUT2D eigenvalue weighted by Gasteiger charge is -2.21. The van der Waals surface area contributed by atoms with Crippen molar-refractivity contribution in [3.05, 3.63) is 0 Å². The maximum Gasteiger partial charge on any atom is 0.323 e. The predicted octanol–water partition coefficient (Wildman–Crippen LogP) is 1.65. The minimum Gasteiger partial charge on any atom is -0.465 e. The number of unbranched alkanes of at least 4 members (excludes halogenated alkanes) is 1. The third-order valence-corrected chi connectivity index (χ3v) is 2.71. The van der Waals surface area contributed by atoms with E-state index in [0.717, 1.165) is 26.1 Å². The molecule has 0 aliphatic rings. The van der Waals surface area contributed by atoms with E-state index in [9.17, 15) is 4.79 Å². The summed E-state index contributed by atoms with van der Waals surface area (Å²) in [4.78, 5) is 13.9. The van der Waals surface area contributed by atoms with Crippen molar-refractivity contribution in [1.82, 2.24) is 10.2 Å². The largest absolute Gasteiger partial charge is 0.465 e. The van der Waals surface area contributed by atoms with Crippen molar-refractivity contribution in [3.8, 4) is 0 Å². The third kappa shape index (κ3) is 8.16. The van der Waals surface area contributed by atoms with E-state index in [-0.39, 0.29) is 12.0 Å². The van der Waals surface area contributed by atoms with Gasteiger partial charge >= 0.3 is 5.97 Å². The molecule has 17 heavy (non-hydrogen) atoms. The molecule has 1 atom stereocenters. The Morgan fingerprint density at radius 3 is 2.53 bits per heavy atom. The molecule has 0 radical (unpaired) electrons. The quantitative estimate of drug-likeness (QED) is 0.593. The molecular formula is C13H28N2O2. The number of nitrogens with one attached hydrogen (secondary N) is 1. The standard InChI is InChI=1S/C13H28N2O2/c1-5-8-10-15(4)11-9-12(14-6-2)13(16)17-7-3/h12,14H,5-11H2,1-4H3. The Morgan fingerprint density at radius 2 is 2.00 bits per heavy atom. The van der Waals surface area contributed by atoms with Crippen LogP contribution < -0.4 is 5.32 Å². The van der Waals surface area contributed by atoms with E-state index >= 15 is 0 Å². The molecule has 0 fully saturated rings. The van der Waals surface area contributed by atoms with Crippen LogP contribution in [0.25, 0.3) is 0 Å². The molecule has 0 saturated carbocycles. The molecule has 0 bridgehead atoms. The smallest absolute Gasteiger partial charge is 0.323 e. The van der Waals surface area contributed by atoms with Crippen molar-refractivity contribution in [2.75, 3.05) is 33.3 Å². The Bertz CT molecular complexity index is 198. The van der Waals surface area contributed by atoms with Gasteiger partial charge in [-0.05, 0) is 46.4 Å². The molecule has 0 heterocycles. The summed E-state index contributed by atoms with van der Waals surface area (Å²) in [7, 11) is 2.10. The van der Waals surface area contributed by atoms with Crippen molar-refractivity contribution in [2.45, 2.75) is 46.1 Å². The zero-order valence-corrected chi connectivity index (χ0v) is 11.8. The topological polar surface area (TPSA) is 41.6 Å². The molecular weight excluding hydrogens is 216 g/mol. The van der Waals surface area contributed by atoms with Crippen LogP contribution in [0.3, 0.4) is 0 Å². The van der Waals surface area contributed by atoms with Crippen LogP contribution in [0.4, 0.5) is 0 Å². The fraction of sp³-hybridized carbons (Fsp3) is 0.923. The van der Waals surface area contributed by atoms with Crippen LogP contribution >= 0.6 is 0 Å². The first kappa shape index (κ1) is 16.4. The molecule has 0 spiro atoms. The van der Waals surface area contributed by atoms with Gasteiger partial charge in [-0.1, -0.05) is 20.3 Å². The Labute approximate surface area is 106 Å². The number of carbonyl (C=O) groups is 1. The van der Waals surface area contributed by atoms with Gasteiger partial charge in [-0.3, -0.25) is 4.79 Å². The van der Waals surface area contributed by atoms with E-state index < -0.39 is 0 Å². The Balaban J connectivity index is 3.94. The molecule has 1 N–H and O–H groups in total. The molecule has 0 aliphatic heterocycles. The number of carbonyl (C=O) groups excluding carboxylic acids is 1. The van der Waals surface area contributed by atoms with Gasteiger partial charge < -0.3 is 15.0 Å². The second kappa shape index (κ2) is 10.5. The first-order valence-corrected chi connectivity index (χ1v) is 6.74. The minimum atomic E-state index is -0.163. The van der Waals surface area contributed by atoms with Gasteiger partial charge in [0.1, 0.15) is 6.04 Å². The van der Waals surface area contributed by atoms with Crippen LogP contribution in [0.5, 0.6) is 0 Å². The molecule has 0 amide bonds. The highest BCUT2D eigenvalue weighted by atomic mass is 16.5. The van der Waals surface area contributed by atoms with Crippen LogP contribution in [0.15, 0.2) is 0 Å². The maximum atomic E-state index is 11.7. The normalized spacial score (nSPS) is 12.8. The zero-order chi connectivity index (χ0) is 13.1. The van der Waals surface area contributed by atoms with Crippen LogP contribution in [0, 0.1) is 0 Å². The number of hydrogen-bond donors (Lipinski definition) is 1. The molecule has 0 saturated heterocycles. The lowest BCUT2D eigenvalue weighted by molar-refractivity contribution is -0.145. The monoisotopic (exact) mass is 244 g/mol. The van der Waals surface area contributed by atoms with Gasteiger partial charge in [0, 0.05) is 0 Å². The maximum absolute atomic E-state index is 11.7. The van der Waals surface area contributed by atoms with Gasteiger partial charge in [0.2, 0.25) is 0 Å². The van der Waals surface area contributed by atoms with E-state index in [1.165, 1.54) is 12.8 Å². The summed E-state index contributed by atoms with van der Waals surface area (Å²) in [5.74, 6) is -0.127. The molecule has 0 aromatic rings. The van der Waals surface area contributed by atoms with Gasteiger partial charge in [0.15, 0.2) is 0 Å². The minimum absolute atomic E-state index is 0.127. The van der Waals surface area contributed by atoms with Crippen LogP contribution in [-0.2, 0) is 9.53 Å². The summed E-state index contributed by atoms with van der Waals surface area (Å²) < 4.78 is 5.05. The highest BCUT2D eigenvalue weighted by Crippen LogP contribution is 2.00. The van der Waals surface area contributed by atoms with Crippen molar-refractivity contribution in [3.63, 3.8) is 0 Å². The lowest BCUT2D eigenvalue weighted by atomic mass is 10.2. The fourth-order valence-corrected chi connectivity index (χ4v) is 1.68.